The Kier molecular flexibility index (Phi) is 8.62. The van der Waals surface area contributed by atoms with Gasteiger partial charge in [0.1, 0.15) is 6.61 Å². The quantitative estimate of drug-likeness (QED) is 0.189. The standard InChI is InChI=1S/C28H25N3O7S/c1-3-30-26(32)25(39-28(30)29-21-7-5-6-20(16-21)27(33)34)15-19-10-13-23(24(14-19)37-4-2)38-17-18-8-11-22(12-9-18)31(35)36/h5-16H,3-4,17H2,1-2H3,(H,33,34)/b25-15+,29-28?. The lowest BCUT2D eigenvalue weighted by Gasteiger charge is -2.13. The highest BCUT2D eigenvalue weighted by atomic mass is 32.2. The van der Waals surface area contributed by atoms with Gasteiger partial charge >= 0.3 is 5.97 Å². The fourth-order valence-corrected chi connectivity index (χ4v) is 4.78. The minimum Gasteiger partial charge on any atom is -0.490 e. The number of amidine groups is 1. The first-order valence-electron chi connectivity index (χ1n) is 12.1. The van der Waals surface area contributed by atoms with Crippen molar-refractivity contribution in [2.45, 2.75) is 20.5 Å². The number of nitro groups is 1. The molecule has 10 nitrogen and oxygen atoms in total. The fourth-order valence-electron chi connectivity index (χ4n) is 3.72. The van der Waals surface area contributed by atoms with Crippen LogP contribution in [0.3, 0.4) is 0 Å². The van der Waals surface area contributed by atoms with E-state index in [1.807, 2.05) is 13.8 Å². The van der Waals surface area contributed by atoms with Gasteiger partial charge in [-0.15, -0.1) is 0 Å². The van der Waals surface area contributed by atoms with Crippen LogP contribution in [0.4, 0.5) is 11.4 Å². The van der Waals surface area contributed by atoms with Gasteiger partial charge in [-0.3, -0.25) is 19.8 Å². The van der Waals surface area contributed by atoms with Gasteiger partial charge < -0.3 is 14.6 Å². The number of aromatic carboxylic acids is 1. The molecule has 0 atom stereocenters. The molecule has 1 heterocycles. The van der Waals surface area contributed by atoms with E-state index in [9.17, 15) is 24.8 Å². The first kappa shape index (κ1) is 27.4. The van der Waals surface area contributed by atoms with Gasteiger partial charge in [0.05, 0.1) is 27.7 Å². The van der Waals surface area contributed by atoms with Crippen LogP contribution in [-0.2, 0) is 11.4 Å². The monoisotopic (exact) mass is 547 g/mol. The number of carbonyl (C=O) groups excluding carboxylic acids is 1. The van der Waals surface area contributed by atoms with Crippen LogP contribution < -0.4 is 9.47 Å². The van der Waals surface area contributed by atoms with Gasteiger partial charge in [-0.05, 0) is 85.3 Å². The summed E-state index contributed by atoms with van der Waals surface area (Å²) in [5.41, 5.74) is 2.06. The van der Waals surface area contributed by atoms with E-state index in [-0.39, 0.29) is 23.8 Å². The molecule has 0 aromatic heterocycles. The second-order valence-corrected chi connectivity index (χ2v) is 9.27. The number of likely N-dealkylation sites (N-methyl/N-ethyl adjacent to an activating group) is 1. The molecule has 1 aliphatic heterocycles. The highest BCUT2D eigenvalue weighted by Crippen LogP contribution is 2.36. The van der Waals surface area contributed by atoms with Crippen molar-refractivity contribution in [2.24, 2.45) is 4.99 Å². The lowest BCUT2D eigenvalue weighted by molar-refractivity contribution is -0.384. The molecule has 0 saturated carbocycles. The van der Waals surface area contributed by atoms with Crippen LogP contribution in [0.1, 0.15) is 35.3 Å². The van der Waals surface area contributed by atoms with Crippen LogP contribution in [-0.4, -0.2) is 45.1 Å². The lowest BCUT2D eigenvalue weighted by atomic mass is 10.1. The van der Waals surface area contributed by atoms with E-state index in [2.05, 4.69) is 4.99 Å². The molecule has 0 bridgehead atoms. The van der Waals surface area contributed by atoms with Gasteiger partial charge in [0, 0.05) is 18.7 Å². The summed E-state index contributed by atoms with van der Waals surface area (Å²) in [6.07, 6.45) is 1.74. The molecule has 11 heteroatoms. The maximum atomic E-state index is 13.1. The summed E-state index contributed by atoms with van der Waals surface area (Å²) in [5, 5.41) is 20.6. The van der Waals surface area contributed by atoms with E-state index in [1.165, 1.54) is 40.9 Å². The molecule has 1 saturated heterocycles. The van der Waals surface area contributed by atoms with Crippen LogP contribution in [0.2, 0.25) is 0 Å². The van der Waals surface area contributed by atoms with Gasteiger partial charge in [-0.1, -0.05) is 12.1 Å². The molecular formula is C28H25N3O7S. The largest absolute Gasteiger partial charge is 0.490 e. The predicted molar refractivity (Wildman–Crippen MR) is 148 cm³/mol. The molecule has 1 N–H and O–H groups in total. The summed E-state index contributed by atoms with van der Waals surface area (Å²) in [6.45, 7) is 4.69. The summed E-state index contributed by atoms with van der Waals surface area (Å²) in [5.74, 6) is -0.257. The minimum atomic E-state index is -1.05. The topological polar surface area (TPSA) is 132 Å². The van der Waals surface area contributed by atoms with Crippen molar-refractivity contribution >= 4 is 46.3 Å². The van der Waals surface area contributed by atoms with Gasteiger partial charge in [-0.2, -0.15) is 0 Å². The predicted octanol–water partition coefficient (Wildman–Crippen LogP) is 5.89. The summed E-state index contributed by atoms with van der Waals surface area (Å²) < 4.78 is 11.7. The summed E-state index contributed by atoms with van der Waals surface area (Å²) in [7, 11) is 0. The normalized spacial score (nSPS) is 15.1. The molecule has 1 aliphatic rings. The number of carboxylic acids is 1. The molecule has 0 spiro atoms. The van der Waals surface area contributed by atoms with Gasteiger partial charge in [0.15, 0.2) is 16.7 Å². The second-order valence-electron chi connectivity index (χ2n) is 8.26. The molecule has 4 rings (SSSR count). The smallest absolute Gasteiger partial charge is 0.335 e. The third-order valence-electron chi connectivity index (χ3n) is 5.63. The van der Waals surface area contributed by atoms with Crippen LogP contribution >= 0.6 is 11.8 Å². The number of aliphatic imine (C=N–C) groups is 1. The van der Waals surface area contributed by atoms with Crippen molar-refractivity contribution in [1.29, 1.82) is 0 Å². The van der Waals surface area contributed by atoms with E-state index < -0.39 is 10.9 Å². The number of hydrogen-bond donors (Lipinski definition) is 1. The number of benzene rings is 3. The Morgan fingerprint density at radius 2 is 1.85 bits per heavy atom. The molecule has 1 fully saturated rings. The summed E-state index contributed by atoms with van der Waals surface area (Å²) >= 11 is 1.21. The molecule has 3 aromatic rings. The van der Waals surface area contributed by atoms with Crippen LogP contribution in [0.15, 0.2) is 76.6 Å². The number of carboxylic acid groups (broad SMARTS) is 1. The molecule has 39 heavy (non-hydrogen) atoms. The van der Waals surface area contributed by atoms with Crippen molar-refractivity contribution in [3.05, 3.63) is 98.4 Å². The van der Waals surface area contributed by atoms with Crippen molar-refractivity contribution in [3.8, 4) is 11.5 Å². The van der Waals surface area contributed by atoms with E-state index in [4.69, 9.17) is 9.47 Å². The Morgan fingerprint density at radius 1 is 1.08 bits per heavy atom. The third-order valence-corrected chi connectivity index (χ3v) is 6.64. The Balaban J connectivity index is 1.55. The first-order valence-corrected chi connectivity index (χ1v) is 12.9. The second kappa shape index (κ2) is 12.3. The zero-order valence-corrected chi connectivity index (χ0v) is 22.0. The molecular weight excluding hydrogens is 522 g/mol. The number of carbonyl (C=O) groups is 2. The minimum absolute atomic E-state index is 0.00842. The zero-order valence-electron chi connectivity index (χ0n) is 21.2. The third kappa shape index (κ3) is 6.63. The maximum absolute atomic E-state index is 13.1. The molecule has 0 unspecified atom stereocenters. The number of ether oxygens (including phenoxy) is 2. The highest BCUT2D eigenvalue weighted by Gasteiger charge is 2.32. The SMILES string of the molecule is CCOc1cc(/C=C2/SC(=Nc3cccc(C(=O)O)c3)N(CC)C2=O)ccc1OCc1ccc([N+](=O)[O-])cc1. The van der Waals surface area contributed by atoms with E-state index in [0.717, 1.165) is 11.1 Å². The fraction of sp³-hybridized carbons (Fsp3) is 0.179. The van der Waals surface area contributed by atoms with E-state index in [0.29, 0.717) is 40.4 Å². The maximum Gasteiger partial charge on any atom is 0.335 e. The Labute approximate surface area is 228 Å². The van der Waals surface area contributed by atoms with E-state index in [1.54, 1.807) is 48.5 Å². The van der Waals surface area contributed by atoms with Crippen molar-refractivity contribution in [3.63, 3.8) is 0 Å². The van der Waals surface area contributed by atoms with E-state index >= 15 is 0 Å². The van der Waals surface area contributed by atoms with Crippen LogP contribution in [0.5, 0.6) is 11.5 Å². The number of thioether (sulfide) groups is 1. The van der Waals surface area contributed by atoms with Crippen LogP contribution in [0, 0.1) is 10.1 Å². The van der Waals surface area contributed by atoms with Crippen molar-refractivity contribution in [2.75, 3.05) is 13.2 Å². The van der Waals surface area contributed by atoms with Gasteiger partial charge in [0.25, 0.3) is 11.6 Å². The Bertz CT molecular complexity index is 1470. The number of amides is 1. The summed E-state index contributed by atoms with van der Waals surface area (Å²) in [6, 6.07) is 17.7. The van der Waals surface area contributed by atoms with Gasteiger partial charge in [-0.25, -0.2) is 9.79 Å². The van der Waals surface area contributed by atoms with Gasteiger partial charge in [0.2, 0.25) is 0 Å². The summed E-state index contributed by atoms with van der Waals surface area (Å²) in [4.78, 5) is 41.3. The molecule has 200 valence electrons. The van der Waals surface area contributed by atoms with Crippen molar-refractivity contribution < 1.29 is 29.1 Å². The number of hydrogen-bond acceptors (Lipinski definition) is 8. The molecule has 0 aliphatic carbocycles. The zero-order chi connectivity index (χ0) is 27.9. The molecule has 1 amide bonds. The first-order chi connectivity index (χ1) is 18.8. The molecule has 0 radical (unpaired) electrons. The molecule has 3 aromatic carbocycles. The average molecular weight is 548 g/mol. The van der Waals surface area contributed by atoms with Crippen LogP contribution in [0.25, 0.3) is 6.08 Å². The lowest BCUT2D eigenvalue weighted by Crippen LogP contribution is -2.28. The van der Waals surface area contributed by atoms with Crippen molar-refractivity contribution in [1.82, 2.24) is 4.90 Å². The Morgan fingerprint density at radius 3 is 2.51 bits per heavy atom. The number of nitrogens with zero attached hydrogens (tertiary/aromatic N) is 3. The average Bonchev–Trinajstić information content (AvgIpc) is 3.21. The number of rotatable bonds is 10. The highest BCUT2D eigenvalue weighted by molar-refractivity contribution is 8.18. The number of nitro benzene ring substituents is 1. The number of non-ortho nitro benzene ring substituents is 1. The Hall–Kier alpha value is -4.64.